The number of amides is 1. The molecular weight excluding hydrogens is 256 g/mol. The lowest BCUT2D eigenvalue weighted by Gasteiger charge is -2.35. The largest absolute Gasteiger partial charge is 0.355 e. The van der Waals surface area contributed by atoms with Crippen LogP contribution in [0.15, 0.2) is 24.3 Å². The highest BCUT2D eigenvalue weighted by Crippen LogP contribution is 2.17. The maximum atomic E-state index is 11.4. The zero-order valence-corrected chi connectivity index (χ0v) is 12.2. The van der Waals surface area contributed by atoms with Crippen molar-refractivity contribution in [3.63, 3.8) is 0 Å². The average molecular weight is 278 g/mol. The Hall–Kier alpha value is -1.43. The van der Waals surface area contributed by atoms with Gasteiger partial charge in [-0.15, -0.1) is 0 Å². The minimum atomic E-state index is -0.479. The first-order valence-corrected chi connectivity index (χ1v) is 6.82. The van der Waals surface area contributed by atoms with E-state index >= 15 is 0 Å². The first-order valence-electron chi connectivity index (χ1n) is 6.82. The van der Waals surface area contributed by atoms with Crippen molar-refractivity contribution < 1.29 is 14.3 Å². The van der Waals surface area contributed by atoms with Gasteiger partial charge in [0.15, 0.2) is 5.79 Å². The quantitative estimate of drug-likeness (QED) is 0.871. The third-order valence-electron chi connectivity index (χ3n) is 3.30. The Morgan fingerprint density at radius 3 is 2.40 bits per heavy atom. The second kappa shape index (κ2) is 6.35. The summed E-state index contributed by atoms with van der Waals surface area (Å²) < 4.78 is 11.2. The number of nitrogens with one attached hydrogen (secondary N) is 2. The van der Waals surface area contributed by atoms with Gasteiger partial charge in [0.1, 0.15) is 0 Å². The molecule has 2 rings (SSSR count). The molecule has 0 aliphatic carbocycles. The molecule has 0 aromatic heterocycles. The van der Waals surface area contributed by atoms with E-state index in [1.54, 1.807) is 7.05 Å². The van der Waals surface area contributed by atoms with Crippen LogP contribution in [0.5, 0.6) is 0 Å². The lowest BCUT2D eigenvalue weighted by molar-refractivity contribution is -0.253. The van der Waals surface area contributed by atoms with Crippen molar-refractivity contribution in [3.8, 4) is 0 Å². The number of rotatable bonds is 4. The molecule has 20 heavy (non-hydrogen) atoms. The van der Waals surface area contributed by atoms with Gasteiger partial charge in [-0.25, -0.2) is 0 Å². The minimum Gasteiger partial charge on any atom is -0.355 e. The molecule has 1 fully saturated rings. The summed E-state index contributed by atoms with van der Waals surface area (Å²) in [6.45, 7) is 5.85. The molecule has 110 valence electrons. The maximum absolute atomic E-state index is 11.4. The zero-order chi connectivity index (χ0) is 14.6. The molecule has 1 aromatic rings. The predicted octanol–water partition coefficient (Wildman–Crippen LogP) is 1.29. The van der Waals surface area contributed by atoms with Crippen molar-refractivity contribution in [2.24, 2.45) is 0 Å². The summed E-state index contributed by atoms with van der Waals surface area (Å²) in [5.41, 5.74) is 1.80. The molecule has 0 bridgehead atoms. The van der Waals surface area contributed by atoms with E-state index in [9.17, 15) is 4.79 Å². The van der Waals surface area contributed by atoms with Crippen LogP contribution in [-0.2, 0) is 16.0 Å². The summed E-state index contributed by atoms with van der Waals surface area (Å²) in [6, 6.07) is 7.75. The Balaban J connectivity index is 1.81. The van der Waals surface area contributed by atoms with E-state index in [0.29, 0.717) is 18.8 Å². The number of carbonyl (C=O) groups excluding carboxylic acids is 1. The lowest BCUT2D eigenvalue weighted by Crippen LogP contribution is -2.48. The molecule has 1 heterocycles. The summed E-state index contributed by atoms with van der Waals surface area (Å²) in [6.07, 6.45) is 0. The highest BCUT2D eigenvalue weighted by molar-refractivity contribution is 5.93. The lowest BCUT2D eigenvalue weighted by atomic mass is 10.1. The van der Waals surface area contributed by atoms with Gasteiger partial charge in [0.05, 0.1) is 19.3 Å². The Morgan fingerprint density at radius 1 is 1.25 bits per heavy atom. The molecule has 1 saturated heterocycles. The van der Waals surface area contributed by atoms with E-state index in [1.807, 2.05) is 38.1 Å². The second-order valence-electron chi connectivity index (χ2n) is 5.38. The summed E-state index contributed by atoms with van der Waals surface area (Å²) >= 11 is 0. The fourth-order valence-corrected chi connectivity index (χ4v) is 1.99. The normalized spacial score (nSPS) is 18.8. The summed E-state index contributed by atoms with van der Waals surface area (Å²) in [5.74, 6) is -0.548. The monoisotopic (exact) mass is 278 g/mol. The Morgan fingerprint density at radius 2 is 1.85 bits per heavy atom. The molecular formula is C15H22N2O3. The van der Waals surface area contributed by atoms with Gasteiger partial charge in [-0.1, -0.05) is 12.1 Å². The maximum Gasteiger partial charge on any atom is 0.251 e. The SMILES string of the molecule is CNC(=O)c1ccc(CNC2COC(C)(C)OC2)cc1. The number of benzene rings is 1. The first-order chi connectivity index (χ1) is 9.50. The molecule has 0 unspecified atom stereocenters. The third-order valence-corrected chi connectivity index (χ3v) is 3.30. The topological polar surface area (TPSA) is 59.6 Å². The van der Waals surface area contributed by atoms with Crippen LogP contribution in [0.3, 0.4) is 0 Å². The van der Waals surface area contributed by atoms with E-state index in [0.717, 1.165) is 12.1 Å². The molecule has 5 heteroatoms. The van der Waals surface area contributed by atoms with Crippen LogP contribution in [0, 0.1) is 0 Å². The van der Waals surface area contributed by atoms with Crippen molar-refractivity contribution >= 4 is 5.91 Å². The molecule has 5 nitrogen and oxygen atoms in total. The van der Waals surface area contributed by atoms with Crippen LogP contribution < -0.4 is 10.6 Å². The highest BCUT2D eigenvalue weighted by atomic mass is 16.7. The standard InChI is InChI=1S/C15H22N2O3/c1-15(2)19-9-13(10-20-15)17-8-11-4-6-12(7-5-11)14(18)16-3/h4-7,13,17H,8-10H2,1-3H3,(H,16,18). The van der Waals surface area contributed by atoms with E-state index in [2.05, 4.69) is 10.6 Å². The smallest absolute Gasteiger partial charge is 0.251 e. The van der Waals surface area contributed by atoms with Crippen LogP contribution >= 0.6 is 0 Å². The van der Waals surface area contributed by atoms with Crippen molar-refractivity contribution in [3.05, 3.63) is 35.4 Å². The number of ether oxygens (including phenoxy) is 2. The fourth-order valence-electron chi connectivity index (χ4n) is 1.99. The Bertz CT molecular complexity index is 447. The fraction of sp³-hybridized carbons (Fsp3) is 0.533. The molecule has 0 spiro atoms. The van der Waals surface area contributed by atoms with Crippen LogP contribution in [0.1, 0.15) is 29.8 Å². The summed E-state index contributed by atoms with van der Waals surface area (Å²) in [4.78, 5) is 11.4. The van der Waals surface area contributed by atoms with Crippen LogP contribution in [-0.4, -0.2) is 38.0 Å². The molecule has 1 aromatic carbocycles. The molecule has 2 N–H and O–H groups in total. The molecule has 1 amide bonds. The van der Waals surface area contributed by atoms with Gasteiger partial charge in [0.25, 0.3) is 5.91 Å². The minimum absolute atomic E-state index is 0.0687. The van der Waals surface area contributed by atoms with Crippen molar-refractivity contribution in [1.82, 2.24) is 10.6 Å². The second-order valence-corrected chi connectivity index (χ2v) is 5.38. The van der Waals surface area contributed by atoms with Crippen molar-refractivity contribution in [1.29, 1.82) is 0 Å². The predicted molar refractivity (Wildman–Crippen MR) is 76.4 cm³/mol. The van der Waals surface area contributed by atoms with Gasteiger partial charge in [-0.05, 0) is 31.5 Å². The summed E-state index contributed by atoms with van der Waals surface area (Å²) in [7, 11) is 1.63. The molecule has 0 radical (unpaired) electrons. The van der Waals surface area contributed by atoms with Gasteiger partial charge in [0, 0.05) is 19.2 Å². The highest BCUT2D eigenvalue weighted by Gasteiger charge is 2.27. The van der Waals surface area contributed by atoms with Gasteiger partial charge in [0.2, 0.25) is 0 Å². The van der Waals surface area contributed by atoms with Crippen LogP contribution in [0.25, 0.3) is 0 Å². The molecule has 0 atom stereocenters. The number of hydrogen-bond acceptors (Lipinski definition) is 4. The van der Waals surface area contributed by atoms with E-state index < -0.39 is 5.79 Å². The Kier molecular flexibility index (Phi) is 4.75. The average Bonchev–Trinajstić information content (AvgIpc) is 2.46. The van der Waals surface area contributed by atoms with E-state index in [-0.39, 0.29) is 11.9 Å². The van der Waals surface area contributed by atoms with Gasteiger partial charge in [-0.2, -0.15) is 0 Å². The number of carbonyl (C=O) groups is 1. The van der Waals surface area contributed by atoms with Crippen molar-refractivity contribution in [2.45, 2.75) is 32.2 Å². The first kappa shape index (κ1) is 15.0. The van der Waals surface area contributed by atoms with Crippen molar-refractivity contribution in [2.75, 3.05) is 20.3 Å². The van der Waals surface area contributed by atoms with Gasteiger partial charge in [-0.3, -0.25) is 4.79 Å². The molecule has 0 saturated carbocycles. The van der Waals surface area contributed by atoms with Crippen LogP contribution in [0.4, 0.5) is 0 Å². The zero-order valence-electron chi connectivity index (χ0n) is 12.2. The van der Waals surface area contributed by atoms with E-state index in [4.69, 9.17) is 9.47 Å². The third kappa shape index (κ3) is 4.03. The van der Waals surface area contributed by atoms with Crippen LogP contribution in [0.2, 0.25) is 0 Å². The van der Waals surface area contributed by atoms with Gasteiger partial charge >= 0.3 is 0 Å². The Labute approximate surface area is 119 Å². The van der Waals surface area contributed by atoms with E-state index in [1.165, 1.54) is 0 Å². The van der Waals surface area contributed by atoms with Gasteiger partial charge < -0.3 is 20.1 Å². The number of hydrogen-bond donors (Lipinski definition) is 2. The molecule has 1 aliphatic rings. The molecule has 1 aliphatic heterocycles. The summed E-state index contributed by atoms with van der Waals surface area (Å²) in [5, 5.41) is 5.99.